The highest BCUT2D eigenvalue weighted by Gasteiger charge is 2.44. The second kappa shape index (κ2) is 9.66. The number of methoxy groups -OCH3 is 2. The quantitative estimate of drug-likeness (QED) is 0.454. The number of esters is 1. The number of carbonyl (C=O) groups excluding carboxylic acids is 2. The Labute approximate surface area is 213 Å². The SMILES string of the molecule is CCN1C(=O)c2c(nc(C(=O)OC)n2Cc2ccc(OC)c(Cl)c2)N2C[C@@H](Cc3ccccc3)N=C12. The first-order valence-corrected chi connectivity index (χ1v) is 12.0. The smallest absolute Gasteiger partial charge is 0.374 e. The number of rotatable bonds is 7. The molecular weight excluding hydrogens is 482 g/mol. The number of carbonyl (C=O) groups is 2. The van der Waals surface area contributed by atoms with Gasteiger partial charge >= 0.3 is 5.97 Å². The molecule has 0 N–H and O–H groups in total. The predicted molar refractivity (Wildman–Crippen MR) is 136 cm³/mol. The van der Waals surface area contributed by atoms with Crippen LogP contribution in [-0.4, -0.2) is 65.6 Å². The van der Waals surface area contributed by atoms with E-state index in [9.17, 15) is 9.59 Å². The molecule has 1 amide bonds. The van der Waals surface area contributed by atoms with Crippen molar-refractivity contribution in [3.8, 4) is 5.75 Å². The van der Waals surface area contributed by atoms with Crippen LogP contribution in [0.4, 0.5) is 5.82 Å². The zero-order valence-corrected chi connectivity index (χ0v) is 21.0. The van der Waals surface area contributed by atoms with Gasteiger partial charge in [-0.25, -0.2) is 14.8 Å². The standard InChI is InChI=1S/C26H26ClN5O4/c1-4-30-24(33)21-22(32-15-18(28-26(30)32)12-16-8-6-5-7-9-16)29-23(25(34)36-3)31(21)14-17-10-11-20(35-2)19(27)13-17/h5-11,13,18H,4,12,14-15H2,1-3H3/t18-/m1/s1. The Morgan fingerprint density at radius 1 is 1.14 bits per heavy atom. The average molecular weight is 508 g/mol. The van der Waals surface area contributed by atoms with E-state index in [2.05, 4.69) is 17.1 Å². The molecule has 9 nitrogen and oxygen atoms in total. The number of nitrogens with zero attached hydrogens (tertiary/aromatic N) is 5. The summed E-state index contributed by atoms with van der Waals surface area (Å²) in [7, 11) is 2.84. The maximum Gasteiger partial charge on any atom is 0.374 e. The Hall–Kier alpha value is -3.85. The van der Waals surface area contributed by atoms with Gasteiger partial charge in [-0.15, -0.1) is 0 Å². The van der Waals surface area contributed by atoms with Crippen molar-refractivity contribution in [3.05, 3.63) is 76.2 Å². The predicted octanol–water partition coefficient (Wildman–Crippen LogP) is 3.64. The molecule has 0 saturated heterocycles. The summed E-state index contributed by atoms with van der Waals surface area (Å²) in [6.07, 6.45) is 0.733. The fourth-order valence-electron chi connectivity index (χ4n) is 4.69. The molecule has 10 heteroatoms. The molecule has 0 spiro atoms. The number of guanidine groups is 1. The zero-order valence-electron chi connectivity index (χ0n) is 20.3. The van der Waals surface area contributed by atoms with Crippen molar-refractivity contribution in [1.29, 1.82) is 0 Å². The van der Waals surface area contributed by atoms with Crippen molar-refractivity contribution in [1.82, 2.24) is 14.5 Å². The van der Waals surface area contributed by atoms with Crippen molar-refractivity contribution < 1.29 is 19.1 Å². The minimum Gasteiger partial charge on any atom is -0.495 e. The van der Waals surface area contributed by atoms with Crippen LogP contribution in [0.15, 0.2) is 53.5 Å². The highest BCUT2D eigenvalue weighted by Crippen LogP contribution is 2.34. The van der Waals surface area contributed by atoms with Crippen molar-refractivity contribution in [2.45, 2.75) is 25.9 Å². The van der Waals surface area contributed by atoms with Crippen molar-refractivity contribution in [3.63, 3.8) is 0 Å². The van der Waals surface area contributed by atoms with Crippen LogP contribution in [0.1, 0.15) is 39.2 Å². The number of halogens is 1. The fraction of sp³-hybridized carbons (Fsp3) is 0.308. The van der Waals surface area contributed by atoms with Crippen LogP contribution in [-0.2, 0) is 17.7 Å². The Bertz CT molecular complexity index is 1350. The molecule has 0 radical (unpaired) electrons. The molecule has 2 aromatic carbocycles. The number of hydrogen-bond acceptors (Lipinski definition) is 7. The van der Waals surface area contributed by atoms with Crippen LogP contribution in [0.2, 0.25) is 5.02 Å². The number of aliphatic imine (C=N–C) groups is 1. The minimum absolute atomic E-state index is 0.0478. The van der Waals surface area contributed by atoms with Crippen molar-refractivity contribution in [2.24, 2.45) is 4.99 Å². The zero-order chi connectivity index (χ0) is 25.4. The molecule has 0 saturated carbocycles. The number of hydrogen-bond donors (Lipinski definition) is 0. The summed E-state index contributed by atoms with van der Waals surface area (Å²) >= 11 is 6.33. The first-order valence-electron chi connectivity index (χ1n) is 11.7. The number of ether oxygens (including phenoxy) is 2. The number of imidazole rings is 1. The highest BCUT2D eigenvalue weighted by atomic mass is 35.5. The molecule has 36 heavy (non-hydrogen) atoms. The molecule has 3 aromatic rings. The lowest BCUT2D eigenvalue weighted by Gasteiger charge is -2.33. The molecule has 0 aliphatic carbocycles. The van der Waals surface area contributed by atoms with Gasteiger partial charge in [0.15, 0.2) is 11.5 Å². The van der Waals surface area contributed by atoms with E-state index in [1.165, 1.54) is 12.7 Å². The monoisotopic (exact) mass is 507 g/mol. The summed E-state index contributed by atoms with van der Waals surface area (Å²) in [6.45, 7) is 3.08. The van der Waals surface area contributed by atoms with E-state index < -0.39 is 5.97 Å². The molecule has 0 fully saturated rings. The lowest BCUT2D eigenvalue weighted by molar-refractivity contribution is 0.0581. The summed E-state index contributed by atoms with van der Waals surface area (Å²) in [6, 6.07) is 15.4. The number of aromatic nitrogens is 2. The minimum atomic E-state index is -0.627. The average Bonchev–Trinajstić information content (AvgIpc) is 3.46. The van der Waals surface area contributed by atoms with E-state index in [0.29, 0.717) is 41.3 Å². The Morgan fingerprint density at radius 2 is 1.92 bits per heavy atom. The second-order valence-corrected chi connectivity index (χ2v) is 8.99. The van der Waals surface area contributed by atoms with E-state index in [1.807, 2.05) is 36.1 Å². The van der Waals surface area contributed by atoms with E-state index in [4.69, 9.17) is 26.1 Å². The summed E-state index contributed by atoms with van der Waals surface area (Å²) in [5, 5.41) is 0.433. The normalized spacial score (nSPS) is 16.5. The van der Waals surface area contributed by atoms with Crippen molar-refractivity contribution in [2.75, 3.05) is 32.2 Å². The van der Waals surface area contributed by atoms with E-state index >= 15 is 0 Å². The van der Waals surface area contributed by atoms with Gasteiger partial charge in [0.05, 0.1) is 38.4 Å². The maximum absolute atomic E-state index is 13.7. The van der Waals surface area contributed by atoms with E-state index in [-0.39, 0.29) is 24.3 Å². The van der Waals surface area contributed by atoms with Crippen LogP contribution in [0, 0.1) is 0 Å². The summed E-state index contributed by atoms with van der Waals surface area (Å²) < 4.78 is 11.9. The molecule has 2 aliphatic heterocycles. The van der Waals surface area contributed by atoms with Crippen LogP contribution in [0.5, 0.6) is 5.75 Å². The van der Waals surface area contributed by atoms with Crippen LogP contribution >= 0.6 is 11.6 Å². The number of fused-ring (bicyclic) bond motifs is 3. The third-order valence-corrected chi connectivity index (χ3v) is 6.68. The third kappa shape index (κ3) is 4.09. The summed E-state index contributed by atoms with van der Waals surface area (Å²) in [5.74, 6) is 0.676. The topological polar surface area (TPSA) is 89.3 Å². The number of benzene rings is 2. The van der Waals surface area contributed by atoms with Gasteiger partial charge in [-0.3, -0.25) is 14.6 Å². The first kappa shape index (κ1) is 23.9. The Morgan fingerprint density at radius 3 is 2.58 bits per heavy atom. The summed E-state index contributed by atoms with van der Waals surface area (Å²) in [5.41, 5.74) is 2.27. The molecule has 1 aromatic heterocycles. The number of anilines is 1. The van der Waals surface area contributed by atoms with Crippen molar-refractivity contribution >= 4 is 35.3 Å². The summed E-state index contributed by atoms with van der Waals surface area (Å²) in [4.78, 5) is 39.5. The molecular formula is C26H26ClN5O4. The van der Waals surface area contributed by atoms with Gasteiger partial charge in [0.2, 0.25) is 11.8 Å². The van der Waals surface area contributed by atoms with Gasteiger partial charge in [0.25, 0.3) is 5.91 Å². The van der Waals surface area contributed by atoms with Gasteiger partial charge in [-0.1, -0.05) is 48.0 Å². The molecule has 0 bridgehead atoms. The van der Waals surface area contributed by atoms with E-state index in [0.717, 1.165) is 12.0 Å². The molecule has 0 unspecified atom stereocenters. The largest absolute Gasteiger partial charge is 0.495 e. The second-order valence-electron chi connectivity index (χ2n) is 8.59. The van der Waals surface area contributed by atoms with Crippen LogP contribution < -0.4 is 9.64 Å². The van der Waals surface area contributed by atoms with Gasteiger partial charge in [0, 0.05) is 6.54 Å². The number of amides is 1. The van der Waals surface area contributed by atoms with Gasteiger partial charge in [-0.05, 0) is 36.6 Å². The van der Waals surface area contributed by atoms with Gasteiger partial charge in [0.1, 0.15) is 5.75 Å². The van der Waals surface area contributed by atoms with Crippen LogP contribution in [0.3, 0.4) is 0 Å². The Balaban J connectivity index is 1.56. The Kier molecular flexibility index (Phi) is 6.40. The highest BCUT2D eigenvalue weighted by molar-refractivity contribution is 6.32. The van der Waals surface area contributed by atoms with Gasteiger partial charge < -0.3 is 14.0 Å². The van der Waals surface area contributed by atoms with Crippen LogP contribution in [0.25, 0.3) is 0 Å². The molecule has 2 aliphatic rings. The third-order valence-electron chi connectivity index (χ3n) is 6.38. The van der Waals surface area contributed by atoms with Gasteiger partial charge in [-0.2, -0.15) is 0 Å². The van der Waals surface area contributed by atoms with E-state index in [1.54, 1.807) is 28.7 Å². The lowest BCUT2D eigenvalue weighted by atomic mass is 10.1. The molecule has 3 heterocycles. The first-order chi connectivity index (χ1) is 17.4. The molecule has 186 valence electrons. The fourth-order valence-corrected chi connectivity index (χ4v) is 4.97. The molecule has 5 rings (SSSR count). The lowest BCUT2D eigenvalue weighted by Crippen LogP contribution is -2.50. The molecule has 1 atom stereocenters. The maximum atomic E-state index is 13.7.